The van der Waals surface area contributed by atoms with Crippen LogP contribution in [0.4, 0.5) is 0 Å². The molecule has 0 fully saturated rings. The molecule has 0 unspecified atom stereocenters. The molecule has 2 rings (SSSR count). The number of nitrogens with one attached hydrogen (secondary N) is 1. The molecule has 1 amide bonds. The summed E-state index contributed by atoms with van der Waals surface area (Å²) in [5.74, 6) is -0.0136. The van der Waals surface area contributed by atoms with Gasteiger partial charge in [-0.3, -0.25) is 4.79 Å². The van der Waals surface area contributed by atoms with E-state index in [1.165, 1.54) is 11.3 Å². The summed E-state index contributed by atoms with van der Waals surface area (Å²) in [4.78, 5) is 15.7. The quantitative estimate of drug-likeness (QED) is 0.924. The van der Waals surface area contributed by atoms with Crippen LogP contribution in [0.25, 0.3) is 0 Å². The number of nitrogens with zero attached hydrogens (tertiary/aromatic N) is 1. The summed E-state index contributed by atoms with van der Waals surface area (Å²) in [6, 6.07) is 7.27. The molecule has 0 spiro atoms. The Hall–Kier alpha value is -1.39. The van der Waals surface area contributed by atoms with Crippen LogP contribution in [0.15, 0.2) is 35.2 Å². The van der Waals surface area contributed by atoms with E-state index in [0.717, 1.165) is 11.3 Å². The van der Waals surface area contributed by atoms with Crippen molar-refractivity contribution < 1.29 is 4.79 Å². The van der Waals surface area contributed by atoms with E-state index < -0.39 is 0 Å². The molecule has 1 N–H and O–H groups in total. The number of thiazole rings is 1. The molecular formula is C12H11ClN2OS. The highest BCUT2D eigenvalue weighted by molar-refractivity contribution is 7.07. The van der Waals surface area contributed by atoms with Gasteiger partial charge in [0.15, 0.2) is 0 Å². The normalized spacial score (nSPS) is 10.2. The Morgan fingerprint density at radius 2 is 2.12 bits per heavy atom. The molecule has 0 radical (unpaired) electrons. The van der Waals surface area contributed by atoms with Crippen LogP contribution in [-0.4, -0.2) is 10.9 Å². The van der Waals surface area contributed by atoms with Crippen LogP contribution in [0, 0.1) is 0 Å². The van der Waals surface area contributed by atoms with E-state index in [4.69, 9.17) is 11.6 Å². The summed E-state index contributed by atoms with van der Waals surface area (Å²) in [6.45, 7) is 0.482. The van der Waals surface area contributed by atoms with Crippen LogP contribution in [0.1, 0.15) is 11.3 Å². The van der Waals surface area contributed by atoms with E-state index >= 15 is 0 Å². The van der Waals surface area contributed by atoms with Crippen molar-refractivity contribution in [2.75, 3.05) is 0 Å². The maximum Gasteiger partial charge on any atom is 0.224 e. The highest BCUT2D eigenvalue weighted by Gasteiger charge is 2.03. The number of rotatable bonds is 4. The highest BCUT2D eigenvalue weighted by atomic mass is 35.5. The van der Waals surface area contributed by atoms with Gasteiger partial charge in [-0.25, -0.2) is 4.98 Å². The van der Waals surface area contributed by atoms with E-state index in [9.17, 15) is 4.79 Å². The zero-order valence-corrected chi connectivity index (χ0v) is 10.6. The lowest BCUT2D eigenvalue weighted by molar-refractivity contribution is -0.120. The highest BCUT2D eigenvalue weighted by Crippen LogP contribution is 2.09. The second kappa shape index (κ2) is 5.80. The summed E-state index contributed by atoms with van der Waals surface area (Å²) < 4.78 is 0. The number of carbonyl (C=O) groups is 1. The molecule has 0 aliphatic heterocycles. The van der Waals surface area contributed by atoms with Gasteiger partial charge >= 0.3 is 0 Å². The Bertz CT molecular complexity index is 482. The van der Waals surface area contributed by atoms with E-state index in [1.54, 1.807) is 17.6 Å². The van der Waals surface area contributed by atoms with Crippen LogP contribution in [0.3, 0.4) is 0 Å². The van der Waals surface area contributed by atoms with Crippen molar-refractivity contribution in [1.29, 1.82) is 0 Å². The number of halogens is 1. The van der Waals surface area contributed by atoms with E-state index in [0.29, 0.717) is 18.0 Å². The van der Waals surface area contributed by atoms with Crippen LogP contribution >= 0.6 is 22.9 Å². The maximum absolute atomic E-state index is 11.6. The first-order valence-electron chi connectivity index (χ1n) is 5.12. The Labute approximate surface area is 108 Å². The van der Waals surface area contributed by atoms with E-state index in [2.05, 4.69) is 10.3 Å². The lowest BCUT2D eigenvalue weighted by Crippen LogP contribution is -2.24. The van der Waals surface area contributed by atoms with Gasteiger partial charge in [0.1, 0.15) is 0 Å². The van der Waals surface area contributed by atoms with Crippen molar-refractivity contribution in [3.63, 3.8) is 0 Å². The fourth-order valence-corrected chi connectivity index (χ4v) is 2.05. The fourth-order valence-electron chi connectivity index (χ4n) is 1.36. The topological polar surface area (TPSA) is 42.0 Å². The first-order valence-corrected chi connectivity index (χ1v) is 6.44. The minimum absolute atomic E-state index is 0.0136. The predicted octanol–water partition coefficient (Wildman–Crippen LogP) is 2.66. The summed E-state index contributed by atoms with van der Waals surface area (Å²) in [5, 5.41) is 5.42. The lowest BCUT2D eigenvalue weighted by atomic mass is 10.1. The molecule has 0 bridgehead atoms. The number of carbonyl (C=O) groups excluding carboxylic acids is 1. The minimum atomic E-state index is -0.0136. The molecule has 88 valence electrons. The van der Waals surface area contributed by atoms with Crippen molar-refractivity contribution in [2.45, 2.75) is 13.0 Å². The number of benzene rings is 1. The van der Waals surface area contributed by atoms with Gasteiger partial charge in [-0.2, -0.15) is 0 Å². The summed E-state index contributed by atoms with van der Waals surface area (Å²) >= 11 is 7.29. The third-order valence-corrected chi connectivity index (χ3v) is 3.12. The molecule has 5 heteroatoms. The SMILES string of the molecule is O=C(Cc1ccc(Cl)cc1)NCc1cscn1. The molecule has 1 aromatic heterocycles. The van der Waals surface area contributed by atoms with Gasteiger partial charge < -0.3 is 5.32 Å². The molecule has 2 aromatic rings. The summed E-state index contributed by atoms with van der Waals surface area (Å²) in [5.41, 5.74) is 3.59. The molecule has 0 atom stereocenters. The molecule has 0 aliphatic carbocycles. The smallest absolute Gasteiger partial charge is 0.224 e. The van der Waals surface area contributed by atoms with Gasteiger partial charge in [0, 0.05) is 10.4 Å². The molecule has 0 aliphatic rings. The Balaban J connectivity index is 1.83. The molecule has 0 saturated heterocycles. The number of hydrogen-bond acceptors (Lipinski definition) is 3. The average molecular weight is 267 g/mol. The zero-order valence-electron chi connectivity index (χ0n) is 9.02. The predicted molar refractivity (Wildman–Crippen MR) is 69.1 cm³/mol. The Morgan fingerprint density at radius 1 is 1.35 bits per heavy atom. The first-order chi connectivity index (χ1) is 8.24. The molecule has 1 heterocycles. The molecule has 17 heavy (non-hydrogen) atoms. The zero-order chi connectivity index (χ0) is 12.1. The number of hydrogen-bond donors (Lipinski definition) is 1. The van der Waals surface area contributed by atoms with Crippen LogP contribution in [-0.2, 0) is 17.8 Å². The Morgan fingerprint density at radius 3 is 2.76 bits per heavy atom. The standard InChI is InChI=1S/C12H11ClN2OS/c13-10-3-1-9(2-4-10)5-12(16)14-6-11-7-17-8-15-11/h1-4,7-8H,5-6H2,(H,14,16). The minimum Gasteiger partial charge on any atom is -0.350 e. The van der Waals surface area contributed by atoms with Crippen molar-refractivity contribution >= 4 is 28.8 Å². The van der Waals surface area contributed by atoms with Crippen LogP contribution in [0.2, 0.25) is 5.02 Å². The van der Waals surface area contributed by atoms with Crippen molar-refractivity contribution in [1.82, 2.24) is 10.3 Å². The molecular weight excluding hydrogens is 256 g/mol. The van der Waals surface area contributed by atoms with Crippen molar-refractivity contribution in [2.24, 2.45) is 0 Å². The van der Waals surface area contributed by atoms with Crippen LogP contribution < -0.4 is 5.32 Å². The third-order valence-electron chi connectivity index (χ3n) is 2.23. The average Bonchev–Trinajstić information content (AvgIpc) is 2.83. The first kappa shape index (κ1) is 12.1. The van der Waals surface area contributed by atoms with Gasteiger partial charge in [0.05, 0.1) is 24.2 Å². The van der Waals surface area contributed by atoms with E-state index in [1.807, 2.05) is 17.5 Å². The summed E-state index contributed by atoms with van der Waals surface area (Å²) in [6.07, 6.45) is 0.362. The fraction of sp³-hybridized carbons (Fsp3) is 0.167. The second-order valence-electron chi connectivity index (χ2n) is 3.56. The van der Waals surface area contributed by atoms with Crippen molar-refractivity contribution in [3.8, 4) is 0 Å². The molecule has 1 aromatic carbocycles. The van der Waals surface area contributed by atoms with Crippen molar-refractivity contribution in [3.05, 3.63) is 51.4 Å². The summed E-state index contributed by atoms with van der Waals surface area (Å²) in [7, 11) is 0. The Kier molecular flexibility index (Phi) is 4.12. The van der Waals surface area contributed by atoms with Crippen LogP contribution in [0.5, 0.6) is 0 Å². The largest absolute Gasteiger partial charge is 0.350 e. The second-order valence-corrected chi connectivity index (χ2v) is 4.71. The monoisotopic (exact) mass is 266 g/mol. The maximum atomic E-state index is 11.6. The molecule has 0 saturated carbocycles. The number of aromatic nitrogens is 1. The molecule has 3 nitrogen and oxygen atoms in total. The van der Waals surface area contributed by atoms with E-state index in [-0.39, 0.29) is 5.91 Å². The lowest BCUT2D eigenvalue weighted by Gasteiger charge is -2.03. The van der Waals surface area contributed by atoms with Gasteiger partial charge in [-0.15, -0.1) is 11.3 Å². The van der Waals surface area contributed by atoms with Gasteiger partial charge in [-0.05, 0) is 17.7 Å². The van der Waals surface area contributed by atoms with Gasteiger partial charge in [-0.1, -0.05) is 23.7 Å². The number of amides is 1. The third kappa shape index (κ3) is 3.84. The van der Waals surface area contributed by atoms with Gasteiger partial charge in [0.25, 0.3) is 0 Å². The van der Waals surface area contributed by atoms with Gasteiger partial charge in [0.2, 0.25) is 5.91 Å².